The van der Waals surface area contributed by atoms with Crippen molar-refractivity contribution in [1.82, 2.24) is 10.2 Å². The second-order valence-electron chi connectivity index (χ2n) is 4.36. The van der Waals surface area contributed by atoms with Crippen LogP contribution in [0.4, 0.5) is 0 Å². The summed E-state index contributed by atoms with van der Waals surface area (Å²) in [7, 11) is 0. The summed E-state index contributed by atoms with van der Waals surface area (Å²) in [4.78, 5) is 13.6. The van der Waals surface area contributed by atoms with Crippen LogP contribution in [0, 0.1) is 0 Å². The molecule has 1 saturated heterocycles. The topological polar surface area (TPSA) is 52.6 Å². The molecule has 2 rings (SSSR count). The summed E-state index contributed by atoms with van der Waals surface area (Å²) in [5, 5.41) is 12.3. The van der Waals surface area contributed by atoms with Gasteiger partial charge in [0, 0.05) is 19.6 Å². The number of amides is 1. The number of nitrogens with zero attached hydrogens (tertiary/aromatic N) is 1. The Bertz CT molecular complexity index is 370. The third kappa shape index (κ3) is 3.46. The van der Waals surface area contributed by atoms with Gasteiger partial charge in [-0.2, -0.15) is 0 Å². The molecule has 1 aromatic carbocycles. The summed E-state index contributed by atoms with van der Waals surface area (Å²) in [6.45, 7) is 2.85. The van der Waals surface area contributed by atoms with Gasteiger partial charge in [0.15, 0.2) is 0 Å². The van der Waals surface area contributed by atoms with Crippen molar-refractivity contribution < 1.29 is 9.90 Å². The Kier molecular flexibility index (Phi) is 3.98. The minimum atomic E-state index is 0.182. The highest BCUT2D eigenvalue weighted by Gasteiger charge is 2.16. The van der Waals surface area contributed by atoms with Crippen molar-refractivity contribution in [3.63, 3.8) is 0 Å². The minimum Gasteiger partial charge on any atom is -0.508 e. The molecular formula is C13H18N2O2. The number of hydrogen-bond acceptors (Lipinski definition) is 3. The van der Waals surface area contributed by atoms with Gasteiger partial charge in [-0.05, 0) is 30.5 Å². The molecule has 0 radical (unpaired) electrons. The van der Waals surface area contributed by atoms with Crippen molar-refractivity contribution in [2.75, 3.05) is 19.6 Å². The lowest BCUT2D eigenvalue weighted by Crippen LogP contribution is -2.35. The van der Waals surface area contributed by atoms with Crippen LogP contribution in [-0.4, -0.2) is 35.5 Å². The van der Waals surface area contributed by atoms with E-state index in [1.165, 1.54) is 0 Å². The molecule has 92 valence electrons. The van der Waals surface area contributed by atoms with E-state index in [-0.39, 0.29) is 11.7 Å². The van der Waals surface area contributed by atoms with Gasteiger partial charge < -0.3 is 15.3 Å². The number of aromatic hydroxyl groups is 1. The lowest BCUT2D eigenvalue weighted by molar-refractivity contribution is -0.129. The van der Waals surface area contributed by atoms with Crippen LogP contribution < -0.4 is 5.32 Å². The fourth-order valence-electron chi connectivity index (χ4n) is 2.01. The molecule has 4 nitrogen and oxygen atoms in total. The maximum atomic E-state index is 11.7. The lowest BCUT2D eigenvalue weighted by Gasteiger charge is -2.15. The van der Waals surface area contributed by atoms with Gasteiger partial charge in [-0.1, -0.05) is 12.1 Å². The molecule has 1 heterocycles. The first-order chi connectivity index (χ1) is 8.25. The summed E-state index contributed by atoms with van der Waals surface area (Å²) in [5.74, 6) is 0.447. The lowest BCUT2D eigenvalue weighted by atomic mass is 10.2. The molecule has 0 saturated carbocycles. The smallest absolute Gasteiger partial charge is 0.236 e. The van der Waals surface area contributed by atoms with Crippen LogP contribution in [0.1, 0.15) is 18.4 Å². The molecular weight excluding hydrogens is 216 g/mol. The first-order valence-electron chi connectivity index (χ1n) is 6.02. The highest BCUT2D eigenvalue weighted by atomic mass is 16.3. The van der Waals surface area contributed by atoms with Crippen molar-refractivity contribution in [3.8, 4) is 5.75 Å². The maximum Gasteiger partial charge on any atom is 0.236 e. The molecule has 0 spiro atoms. The van der Waals surface area contributed by atoms with Gasteiger partial charge in [-0.15, -0.1) is 0 Å². The SMILES string of the molecule is O=C(CNCc1ccc(O)cc1)N1CCCC1. The third-order valence-electron chi connectivity index (χ3n) is 3.00. The number of rotatable bonds is 4. The van der Waals surface area contributed by atoms with Crippen molar-refractivity contribution in [1.29, 1.82) is 0 Å². The van der Waals surface area contributed by atoms with Gasteiger partial charge in [0.1, 0.15) is 5.75 Å². The fourth-order valence-corrected chi connectivity index (χ4v) is 2.01. The highest BCUT2D eigenvalue weighted by molar-refractivity contribution is 5.78. The zero-order valence-electron chi connectivity index (χ0n) is 9.85. The van der Waals surface area contributed by atoms with E-state index in [9.17, 15) is 4.79 Å². The molecule has 1 aliphatic rings. The van der Waals surface area contributed by atoms with Crippen molar-refractivity contribution in [2.24, 2.45) is 0 Å². The maximum absolute atomic E-state index is 11.7. The average Bonchev–Trinajstić information content (AvgIpc) is 2.85. The second kappa shape index (κ2) is 5.68. The fraction of sp³-hybridized carbons (Fsp3) is 0.462. The van der Waals surface area contributed by atoms with E-state index >= 15 is 0 Å². The van der Waals surface area contributed by atoms with Crippen LogP contribution in [0.5, 0.6) is 5.75 Å². The predicted molar refractivity (Wildman–Crippen MR) is 65.6 cm³/mol. The Morgan fingerprint density at radius 1 is 1.24 bits per heavy atom. The number of nitrogens with one attached hydrogen (secondary N) is 1. The molecule has 1 aromatic rings. The number of carbonyl (C=O) groups excluding carboxylic acids is 1. The molecule has 0 bridgehead atoms. The standard InChI is InChI=1S/C13H18N2O2/c16-12-5-3-11(4-6-12)9-14-10-13(17)15-7-1-2-8-15/h3-6,14,16H,1-2,7-10H2. The number of benzene rings is 1. The van der Waals surface area contributed by atoms with Crippen LogP contribution in [-0.2, 0) is 11.3 Å². The van der Waals surface area contributed by atoms with Crippen molar-refractivity contribution >= 4 is 5.91 Å². The Balaban J connectivity index is 1.72. The zero-order chi connectivity index (χ0) is 12.1. The number of likely N-dealkylation sites (tertiary alicyclic amines) is 1. The first kappa shape index (κ1) is 11.9. The Morgan fingerprint density at radius 2 is 1.88 bits per heavy atom. The van der Waals surface area contributed by atoms with E-state index in [1.807, 2.05) is 17.0 Å². The molecule has 0 aliphatic carbocycles. The van der Waals surface area contributed by atoms with Crippen molar-refractivity contribution in [2.45, 2.75) is 19.4 Å². The van der Waals surface area contributed by atoms with Crippen molar-refractivity contribution in [3.05, 3.63) is 29.8 Å². The average molecular weight is 234 g/mol. The van der Waals surface area contributed by atoms with E-state index in [2.05, 4.69) is 5.32 Å². The molecule has 17 heavy (non-hydrogen) atoms. The van der Waals surface area contributed by atoms with Gasteiger partial charge >= 0.3 is 0 Å². The number of carbonyl (C=O) groups is 1. The molecule has 2 N–H and O–H groups in total. The summed E-state index contributed by atoms with van der Waals surface area (Å²) in [6, 6.07) is 7.00. The molecule has 4 heteroatoms. The van der Waals surface area contributed by atoms with E-state index in [0.717, 1.165) is 31.5 Å². The number of hydrogen-bond donors (Lipinski definition) is 2. The van der Waals surface area contributed by atoms with Gasteiger partial charge in [0.2, 0.25) is 5.91 Å². The molecule has 1 amide bonds. The van der Waals surface area contributed by atoms with Crippen LogP contribution in [0.25, 0.3) is 0 Å². The van der Waals surface area contributed by atoms with Gasteiger partial charge in [0.25, 0.3) is 0 Å². The Morgan fingerprint density at radius 3 is 2.53 bits per heavy atom. The molecule has 0 aromatic heterocycles. The highest BCUT2D eigenvalue weighted by Crippen LogP contribution is 2.09. The first-order valence-corrected chi connectivity index (χ1v) is 6.02. The monoisotopic (exact) mass is 234 g/mol. The Hall–Kier alpha value is -1.55. The summed E-state index contributed by atoms with van der Waals surface area (Å²) in [6.07, 6.45) is 2.26. The van der Waals surface area contributed by atoms with E-state index in [0.29, 0.717) is 13.1 Å². The number of phenolic OH excluding ortho intramolecular Hbond substituents is 1. The minimum absolute atomic E-state index is 0.182. The largest absolute Gasteiger partial charge is 0.508 e. The zero-order valence-corrected chi connectivity index (χ0v) is 9.85. The molecule has 1 aliphatic heterocycles. The van der Waals surface area contributed by atoms with E-state index in [1.54, 1.807) is 12.1 Å². The normalized spacial score (nSPS) is 15.2. The summed E-state index contributed by atoms with van der Waals surface area (Å²) in [5.41, 5.74) is 1.07. The van der Waals surface area contributed by atoms with E-state index < -0.39 is 0 Å². The molecule has 0 atom stereocenters. The van der Waals surface area contributed by atoms with Crippen LogP contribution >= 0.6 is 0 Å². The van der Waals surface area contributed by atoms with E-state index in [4.69, 9.17) is 5.11 Å². The predicted octanol–water partition coefficient (Wildman–Crippen LogP) is 1.10. The van der Waals surface area contributed by atoms with Crippen LogP contribution in [0.3, 0.4) is 0 Å². The quantitative estimate of drug-likeness (QED) is 0.820. The Labute approximate surface area is 101 Å². The molecule has 1 fully saturated rings. The van der Waals surface area contributed by atoms with Crippen LogP contribution in [0.15, 0.2) is 24.3 Å². The summed E-state index contributed by atoms with van der Waals surface area (Å²) >= 11 is 0. The van der Waals surface area contributed by atoms with Crippen LogP contribution in [0.2, 0.25) is 0 Å². The molecule has 0 unspecified atom stereocenters. The van der Waals surface area contributed by atoms with Gasteiger partial charge in [-0.3, -0.25) is 4.79 Å². The second-order valence-corrected chi connectivity index (χ2v) is 4.36. The summed E-state index contributed by atoms with van der Waals surface area (Å²) < 4.78 is 0. The third-order valence-corrected chi connectivity index (χ3v) is 3.00. The van der Waals surface area contributed by atoms with Gasteiger partial charge in [-0.25, -0.2) is 0 Å². The number of phenols is 1. The van der Waals surface area contributed by atoms with Gasteiger partial charge in [0.05, 0.1) is 6.54 Å².